The molecule has 2 nitrogen and oxygen atoms in total. The van der Waals surface area contributed by atoms with Crippen molar-refractivity contribution in [2.75, 3.05) is 6.61 Å². The minimum Gasteiger partial charge on any atom is -0.508 e. The summed E-state index contributed by atoms with van der Waals surface area (Å²) in [6, 6.07) is 7.38. The maximum atomic E-state index is 9.44. The van der Waals surface area contributed by atoms with Crippen molar-refractivity contribution >= 4 is 6.08 Å². The summed E-state index contributed by atoms with van der Waals surface area (Å²) in [6.07, 6.45) is 9.78. The summed E-state index contributed by atoms with van der Waals surface area (Å²) in [4.78, 5) is 0. The summed E-state index contributed by atoms with van der Waals surface area (Å²) in [5.74, 6) is 0.321. The molecule has 96 valence electrons. The molecule has 0 radical (unpaired) electrons. The van der Waals surface area contributed by atoms with Crippen LogP contribution in [0, 0.1) is 0 Å². The molecule has 1 aliphatic rings. The third-order valence-corrected chi connectivity index (χ3v) is 3.20. The fourth-order valence-electron chi connectivity index (χ4n) is 2.15. The molecule has 1 aromatic rings. The SMILES string of the molecule is CC/C(=C\c1cccc(O)c1)CC[C@@H]1C=CCO1. The number of hydrogen-bond acceptors (Lipinski definition) is 2. The predicted octanol–water partition coefficient (Wildman–Crippen LogP) is 3.92. The van der Waals surface area contributed by atoms with E-state index in [-0.39, 0.29) is 6.10 Å². The van der Waals surface area contributed by atoms with Crippen molar-refractivity contribution in [3.8, 4) is 5.75 Å². The molecule has 0 fully saturated rings. The highest BCUT2D eigenvalue weighted by atomic mass is 16.5. The van der Waals surface area contributed by atoms with Crippen LogP contribution in [0.4, 0.5) is 0 Å². The molecule has 1 heterocycles. The van der Waals surface area contributed by atoms with Crippen molar-refractivity contribution in [1.82, 2.24) is 0 Å². The Hall–Kier alpha value is -1.54. The molecule has 1 aromatic carbocycles. The molecule has 0 aromatic heterocycles. The van der Waals surface area contributed by atoms with Crippen LogP contribution in [0.2, 0.25) is 0 Å². The Morgan fingerprint density at radius 1 is 1.50 bits per heavy atom. The van der Waals surface area contributed by atoms with E-state index >= 15 is 0 Å². The van der Waals surface area contributed by atoms with E-state index in [1.54, 1.807) is 12.1 Å². The zero-order valence-electron chi connectivity index (χ0n) is 10.8. The number of benzene rings is 1. The number of allylic oxidation sites excluding steroid dienone is 1. The van der Waals surface area contributed by atoms with Gasteiger partial charge in [0.2, 0.25) is 0 Å². The monoisotopic (exact) mass is 244 g/mol. The Morgan fingerprint density at radius 3 is 3.06 bits per heavy atom. The van der Waals surface area contributed by atoms with Gasteiger partial charge in [0.05, 0.1) is 12.7 Å². The predicted molar refractivity (Wildman–Crippen MR) is 74.5 cm³/mol. The van der Waals surface area contributed by atoms with Gasteiger partial charge in [0, 0.05) is 0 Å². The number of rotatable bonds is 5. The van der Waals surface area contributed by atoms with Crippen LogP contribution >= 0.6 is 0 Å². The van der Waals surface area contributed by atoms with E-state index in [1.807, 2.05) is 12.1 Å². The summed E-state index contributed by atoms with van der Waals surface area (Å²) in [5.41, 5.74) is 2.46. The second-order valence-electron chi connectivity index (χ2n) is 4.59. The number of aromatic hydroxyl groups is 1. The Morgan fingerprint density at radius 2 is 2.39 bits per heavy atom. The van der Waals surface area contributed by atoms with Gasteiger partial charge in [-0.05, 0) is 37.0 Å². The number of ether oxygens (including phenoxy) is 1. The summed E-state index contributed by atoms with van der Waals surface area (Å²) < 4.78 is 5.54. The van der Waals surface area contributed by atoms with Gasteiger partial charge < -0.3 is 9.84 Å². The molecular formula is C16H20O2. The van der Waals surface area contributed by atoms with Crippen molar-refractivity contribution in [1.29, 1.82) is 0 Å². The fraction of sp³-hybridized carbons (Fsp3) is 0.375. The molecule has 0 saturated carbocycles. The first kappa shape index (κ1) is 12.9. The first-order valence-electron chi connectivity index (χ1n) is 6.54. The molecule has 0 amide bonds. The van der Waals surface area contributed by atoms with Crippen LogP contribution in [0.25, 0.3) is 6.08 Å². The van der Waals surface area contributed by atoms with Crippen molar-refractivity contribution in [2.45, 2.75) is 32.3 Å². The van der Waals surface area contributed by atoms with Crippen molar-refractivity contribution < 1.29 is 9.84 Å². The third-order valence-electron chi connectivity index (χ3n) is 3.20. The summed E-state index contributed by atoms with van der Waals surface area (Å²) in [5, 5.41) is 9.44. The standard InChI is InChI=1S/C16H20O2/c1-2-13(8-9-16-7-4-10-18-16)11-14-5-3-6-15(17)12-14/h3-7,11-12,16-17H,2,8-10H2,1H3/b13-11+/t16-/m0/s1. The zero-order valence-corrected chi connectivity index (χ0v) is 10.8. The van der Waals surface area contributed by atoms with Gasteiger partial charge in [-0.3, -0.25) is 0 Å². The normalized spacial score (nSPS) is 19.4. The van der Waals surface area contributed by atoms with Crippen LogP contribution in [0.1, 0.15) is 31.7 Å². The number of phenols is 1. The first-order chi connectivity index (χ1) is 8.78. The van der Waals surface area contributed by atoms with E-state index in [9.17, 15) is 5.11 Å². The first-order valence-corrected chi connectivity index (χ1v) is 6.54. The summed E-state index contributed by atoms with van der Waals surface area (Å²) >= 11 is 0. The lowest BCUT2D eigenvalue weighted by Crippen LogP contribution is -2.04. The van der Waals surface area contributed by atoms with Gasteiger partial charge in [0.25, 0.3) is 0 Å². The highest BCUT2D eigenvalue weighted by molar-refractivity contribution is 5.54. The number of hydrogen-bond donors (Lipinski definition) is 1. The highest BCUT2D eigenvalue weighted by Crippen LogP contribution is 2.20. The van der Waals surface area contributed by atoms with Gasteiger partial charge in [-0.2, -0.15) is 0 Å². The van der Waals surface area contributed by atoms with Crippen molar-refractivity contribution in [3.63, 3.8) is 0 Å². The molecular weight excluding hydrogens is 224 g/mol. The van der Waals surface area contributed by atoms with E-state index < -0.39 is 0 Å². The minimum atomic E-state index is 0.282. The molecule has 0 saturated heterocycles. The second kappa shape index (κ2) is 6.41. The summed E-state index contributed by atoms with van der Waals surface area (Å²) in [6.45, 7) is 2.92. The molecule has 0 aliphatic carbocycles. The fourth-order valence-corrected chi connectivity index (χ4v) is 2.15. The molecule has 2 rings (SSSR count). The molecule has 0 bridgehead atoms. The quantitative estimate of drug-likeness (QED) is 0.795. The Bertz CT molecular complexity index is 446. The lowest BCUT2D eigenvalue weighted by atomic mass is 10.0. The highest BCUT2D eigenvalue weighted by Gasteiger charge is 2.09. The van der Waals surface area contributed by atoms with Crippen LogP contribution in [0.5, 0.6) is 5.75 Å². The van der Waals surface area contributed by atoms with E-state index in [0.717, 1.165) is 31.4 Å². The van der Waals surface area contributed by atoms with Gasteiger partial charge in [-0.1, -0.05) is 42.9 Å². The number of phenolic OH excluding ortho intramolecular Hbond substituents is 1. The Kier molecular flexibility index (Phi) is 4.59. The molecule has 1 N–H and O–H groups in total. The topological polar surface area (TPSA) is 29.5 Å². The van der Waals surface area contributed by atoms with Crippen molar-refractivity contribution in [2.24, 2.45) is 0 Å². The largest absolute Gasteiger partial charge is 0.508 e. The lowest BCUT2D eigenvalue weighted by Gasteiger charge is -2.10. The molecule has 1 aliphatic heterocycles. The molecule has 2 heteroatoms. The van der Waals surface area contributed by atoms with Crippen molar-refractivity contribution in [3.05, 3.63) is 47.6 Å². The Labute approximate surface area is 109 Å². The third kappa shape index (κ3) is 3.74. The van der Waals surface area contributed by atoms with Gasteiger partial charge >= 0.3 is 0 Å². The van der Waals surface area contributed by atoms with Crippen LogP contribution in [-0.4, -0.2) is 17.8 Å². The van der Waals surface area contributed by atoms with E-state index in [0.29, 0.717) is 5.75 Å². The van der Waals surface area contributed by atoms with E-state index in [2.05, 4.69) is 25.2 Å². The molecule has 0 unspecified atom stereocenters. The van der Waals surface area contributed by atoms with E-state index in [1.165, 1.54) is 5.57 Å². The van der Waals surface area contributed by atoms with Gasteiger partial charge in [0.1, 0.15) is 5.75 Å². The van der Waals surface area contributed by atoms with Crippen LogP contribution in [-0.2, 0) is 4.74 Å². The van der Waals surface area contributed by atoms with Gasteiger partial charge in [0.15, 0.2) is 0 Å². The molecule has 18 heavy (non-hydrogen) atoms. The Balaban J connectivity index is 1.96. The summed E-state index contributed by atoms with van der Waals surface area (Å²) in [7, 11) is 0. The van der Waals surface area contributed by atoms with E-state index in [4.69, 9.17) is 4.74 Å². The average Bonchev–Trinajstić information content (AvgIpc) is 2.87. The smallest absolute Gasteiger partial charge is 0.116 e. The lowest BCUT2D eigenvalue weighted by molar-refractivity contribution is 0.121. The van der Waals surface area contributed by atoms with Gasteiger partial charge in [-0.15, -0.1) is 0 Å². The maximum Gasteiger partial charge on any atom is 0.116 e. The average molecular weight is 244 g/mol. The van der Waals surface area contributed by atoms with Crippen LogP contribution < -0.4 is 0 Å². The van der Waals surface area contributed by atoms with Crippen LogP contribution in [0.3, 0.4) is 0 Å². The van der Waals surface area contributed by atoms with Gasteiger partial charge in [-0.25, -0.2) is 0 Å². The second-order valence-corrected chi connectivity index (χ2v) is 4.59. The maximum absolute atomic E-state index is 9.44. The molecule has 0 spiro atoms. The minimum absolute atomic E-state index is 0.282. The van der Waals surface area contributed by atoms with Crippen LogP contribution in [0.15, 0.2) is 42.0 Å². The zero-order chi connectivity index (χ0) is 12.8. The molecule has 1 atom stereocenters.